The van der Waals surface area contributed by atoms with Gasteiger partial charge in [-0.05, 0) is 35.9 Å². The first-order valence-corrected chi connectivity index (χ1v) is 7.31. The van der Waals surface area contributed by atoms with Crippen LogP contribution in [0.15, 0.2) is 46.9 Å². The molecule has 1 atom stereocenters. The van der Waals surface area contributed by atoms with Crippen LogP contribution in [0.3, 0.4) is 0 Å². The van der Waals surface area contributed by atoms with E-state index in [4.69, 9.17) is 5.26 Å². The number of fused-ring (bicyclic) bond motifs is 1. The average Bonchev–Trinajstić information content (AvgIpc) is 2.65. The number of benzene rings is 2. The maximum atomic E-state index is 12.1. The highest BCUT2D eigenvalue weighted by Crippen LogP contribution is 2.33. The monoisotopic (exact) mass is 341 g/mol. The first-order chi connectivity index (χ1) is 10.2. The molecule has 0 spiro atoms. The number of nitrogens with zero attached hydrogens (tertiary/aromatic N) is 1. The first-order valence-electron chi connectivity index (χ1n) is 6.52. The Morgan fingerprint density at radius 1 is 1.19 bits per heavy atom. The van der Waals surface area contributed by atoms with E-state index in [1.807, 2.05) is 36.4 Å². The Bertz CT molecular complexity index is 751. The summed E-state index contributed by atoms with van der Waals surface area (Å²) in [4.78, 5) is 12.1. The number of rotatable bonds is 1. The summed E-state index contributed by atoms with van der Waals surface area (Å²) in [7, 11) is 0. The molecule has 0 radical (unpaired) electrons. The van der Waals surface area contributed by atoms with Crippen molar-refractivity contribution in [2.75, 3.05) is 10.6 Å². The fourth-order valence-corrected chi connectivity index (χ4v) is 2.76. The van der Waals surface area contributed by atoms with Gasteiger partial charge in [0, 0.05) is 4.47 Å². The van der Waals surface area contributed by atoms with Gasteiger partial charge < -0.3 is 10.6 Å². The molecule has 2 N–H and O–H groups in total. The number of carbonyl (C=O) groups is 1. The highest BCUT2D eigenvalue weighted by atomic mass is 79.9. The lowest BCUT2D eigenvalue weighted by Crippen LogP contribution is -2.15. The third kappa shape index (κ3) is 2.91. The predicted molar refractivity (Wildman–Crippen MR) is 84.9 cm³/mol. The molecule has 4 nitrogen and oxygen atoms in total. The molecule has 0 fully saturated rings. The number of hydrogen-bond donors (Lipinski definition) is 2. The van der Waals surface area contributed by atoms with Crippen LogP contribution in [0.1, 0.15) is 23.6 Å². The Labute approximate surface area is 130 Å². The summed E-state index contributed by atoms with van der Waals surface area (Å²) < 4.78 is 0.910. The number of hydrogen-bond acceptors (Lipinski definition) is 3. The summed E-state index contributed by atoms with van der Waals surface area (Å²) >= 11 is 3.40. The lowest BCUT2D eigenvalue weighted by Gasteiger charge is -2.17. The number of amides is 1. The molecule has 0 aliphatic carbocycles. The normalized spacial score (nSPS) is 17.0. The van der Waals surface area contributed by atoms with Crippen molar-refractivity contribution in [1.82, 2.24) is 0 Å². The van der Waals surface area contributed by atoms with Crippen molar-refractivity contribution >= 4 is 33.2 Å². The lowest BCUT2D eigenvalue weighted by molar-refractivity contribution is -0.116. The number of nitrogens with one attached hydrogen (secondary N) is 2. The van der Waals surface area contributed by atoms with Gasteiger partial charge in [0.05, 0.1) is 35.5 Å². The zero-order valence-electron chi connectivity index (χ0n) is 11.1. The molecule has 1 aliphatic rings. The Balaban J connectivity index is 1.99. The molecule has 0 saturated heterocycles. The summed E-state index contributed by atoms with van der Waals surface area (Å²) in [6.07, 6.45) is 0.321. The minimum Gasteiger partial charge on any atom is -0.376 e. The molecule has 0 aromatic heterocycles. The van der Waals surface area contributed by atoms with Gasteiger partial charge in [0.25, 0.3) is 0 Å². The van der Waals surface area contributed by atoms with Gasteiger partial charge in [-0.2, -0.15) is 5.26 Å². The molecule has 3 rings (SSSR count). The van der Waals surface area contributed by atoms with E-state index < -0.39 is 0 Å². The highest BCUT2D eigenvalue weighted by molar-refractivity contribution is 9.10. The molecular weight excluding hydrogens is 330 g/mol. The van der Waals surface area contributed by atoms with Crippen LogP contribution in [-0.4, -0.2) is 5.91 Å². The molecule has 2 aromatic carbocycles. The van der Waals surface area contributed by atoms with Crippen LogP contribution in [0.2, 0.25) is 0 Å². The van der Waals surface area contributed by atoms with E-state index in [1.54, 1.807) is 6.07 Å². The van der Waals surface area contributed by atoms with E-state index in [1.165, 1.54) is 0 Å². The maximum Gasteiger partial charge on any atom is 0.226 e. The average molecular weight is 342 g/mol. The largest absolute Gasteiger partial charge is 0.376 e. The van der Waals surface area contributed by atoms with Crippen molar-refractivity contribution < 1.29 is 4.79 Å². The summed E-state index contributed by atoms with van der Waals surface area (Å²) in [6.45, 7) is 0. The van der Waals surface area contributed by atoms with Crippen LogP contribution in [0, 0.1) is 11.3 Å². The summed E-state index contributed by atoms with van der Waals surface area (Å²) in [6, 6.07) is 15.0. The second-order valence-electron chi connectivity index (χ2n) is 4.88. The zero-order chi connectivity index (χ0) is 14.8. The van der Waals surface area contributed by atoms with Gasteiger partial charge in [0.15, 0.2) is 0 Å². The SMILES string of the molecule is N#Cc1cccc(C2CC(=O)Nc3cc(Br)ccc3N2)c1. The van der Waals surface area contributed by atoms with Gasteiger partial charge in [-0.3, -0.25) is 4.79 Å². The predicted octanol–water partition coefficient (Wildman–Crippen LogP) is 3.82. The third-order valence-electron chi connectivity index (χ3n) is 3.39. The minimum atomic E-state index is -0.152. The number of carbonyl (C=O) groups excluding carboxylic acids is 1. The maximum absolute atomic E-state index is 12.1. The van der Waals surface area contributed by atoms with Gasteiger partial charge in [0.1, 0.15) is 0 Å². The zero-order valence-corrected chi connectivity index (χ0v) is 12.6. The van der Waals surface area contributed by atoms with Crippen molar-refractivity contribution in [2.24, 2.45) is 0 Å². The lowest BCUT2D eigenvalue weighted by atomic mass is 10.0. The van der Waals surface area contributed by atoms with Crippen molar-refractivity contribution in [3.63, 3.8) is 0 Å². The standard InChI is InChI=1S/C16H12BrN3O/c17-12-4-5-13-15(7-12)20-16(21)8-14(19-13)11-3-1-2-10(6-11)9-18/h1-7,14,19H,8H2,(H,20,21). The van der Waals surface area contributed by atoms with E-state index in [0.29, 0.717) is 12.0 Å². The fraction of sp³-hybridized carbons (Fsp3) is 0.125. The topological polar surface area (TPSA) is 64.9 Å². The quantitative estimate of drug-likeness (QED) is 0.828. The molecule has 1 unspecified atom stereocenters. The Hall–Kier alpha value is -2.32. The minimum absolute atomic E-state index is 0.0493. The summed E-state index contributed by atoms with van der Waals surface area (Å²) in [5.41, 5.74) is 3.15. The third-order valence-corrected chi connectivity index (χ3v) is 3.89. The molecule has 0 saturated carbocycles. The first kappa shape index (κ1) is 13.7. The van der Waals surface area contributed by atoms with E-state index in [0.717, 1.165) is 21.4 Å². The van der Waals surface area contributed by atoms with Crippen LogP contribution >= 0.6 is 15.9 Å². The van der Waals surface area contributed by atoms with Crippen molar-refractivity contribution in [3.05, 3.63) is 58.1 Å². The molecule has 1 amide bonds. The van der Waals surface area contributed by atoms with Gasteiger partial charge in [-0.25, -0.2) is 0 Å². The Morgan fingerprint density at radius 2 is 2.05 bits per heavy atom. The van der Waals surface area contributed by atoms with E-state index >= 15 is 0 Å². The van der Waals surface area contributed by atoms with E-state index in [2.05, 4.69) is 32.6 Å². The number of halogens is 1. The summed E-state index contributed by atoms with van der Waals surface area (Å²) in [5, 5.41) is 15.3. The Morgan fingerprint density at radius 3 is 2.86 bits per heavy atom. The highest BCUT2D eigenvalue weighted by Gasteiger charge is 2.22. The van der Waals surface area contributed by atoms with Gasteiger partial charge >= 0.3 is 0 Å². The van der Waals surface area contributed by atoms with Crippen LogP contribution in [0.25, 0.3) is 0 Å². The van der Waals surface area contributed by atoms with E-state index in [-0.39, 0.29) is 11.9 Å². The molecule has 1 heterocycles. The molecule has 2 aromatic rings. The summed E-state index contributed by atoms with van der Waals surface area (Å²) in [5.74, 6) is -0.0493. The van der Waals surface area contributed by atoms with Crippen LogP contribution in [-0.2, 0) is 4.79 Å². The smallest absolute Gasteiger partial charge is 0.226 e. The van der Waals surface area contributed by atoms with Crippen molar-refractivity contribution in [3.8, 4) is 6.07 Å². The van der Waals surface area contributed by atoms with Gasteiger partial charge in [-0.15, -0.1) is 0 Å². The van der Waals surface area contributed by atoms with Crippen molar-refractivity contribution in [1.29, 1.82) is 5.26 Å². The second kappa shape index (κ2) is 5.58. The van der Waals surface area contributed by atoms with Crippen LogP contribution in [0.4, 0.5) is 11.4 Å². The molecular formula is C16H12BrN3O. The molecule has 5 heteroatoms. The van der Waals surface area contributed by atoms with Crippen molar-refractivity contribution in [2.45, 2.75) is 12.5 Å². The molecule has 1 aliphatic heterocycles. The Kier molecular flexibility index (Phi) is 3.63. The number of anilines is 2. The van der Waals surface area contributed by atoms with E-state index in [9.17, 15) is 4.79 Å². The van der Waals surface area contributed by atoms with Crippen LogP contribution in [0.5, 0.6) is 0 Å². The molecule has 104 valence electrons. The fourth-order valence-electron chi connectivity index (χ4n) is 2.40. The van der Waals surface area contributed by atoms with Gasteiger partial charge in [0.2, 0.25) is 5.91 Å². The number of nitriles is 1. The van der Waals surface area contributed by atoms with Gasteiger partial charge in [-0.1, -0.05) is 28.1 Å². The van der Waals surface area contributed by atoms with Crippen LogP contribution < -0.4 is 10.6 Å². The second-order valence-corrected chi connectivity index (χ2v) is 5.79. The molecule has 21 heavy (non-hydrogen) atoms. The molecule has 0 bridgehead atoms.